The second kappa shape index (κ2) is 5.77. The fourth-order valence-corrected chi connectivity index (χ4v) is 2.60. The molecule has 0 amide bonds. The summed E-state index contributed by atoms with van der Waals surface area (Å²) in [6.45, 7) is 0.717. The number of rotatable bonds is 1. The molecule has 0 aliphatic heterocycles. The Morgan fingerprint density at radius 2 is 1.45 bits per heavy atom. The zero-order valence-corrected chi connectivity index (χ0v) is 11.6. The van der Waals surface area contributed by atoms with E-state index in [4.69, 9.17) is 0 Å². The van der Waals surface area contributed by atoms with E-state index < -0.39 is 0 Å². The number of fused-ring (bicyclic) bond motifs is 2. The van der Waals surface area contributed by atoms with Crippen LogP contribution in [0.3, 0.4) is 0 Å². The lowest BCUT2D eigenvalue weighted by Gasteiger charge is -2.14. The summed E-state index contributed by atoms with van der Waals surface area (Å²) >= 11 is 0. The Morgan fingerprint density at radius 3 is 2.00 bits per heavy atom. The summed E-state index contributed by atoms with van der Waals surface area (Å²) in [7, 11) is 1.92. The van der Waals surface area contributed by atoms with E-state index >= 15 is 0 Å². The predicted molar refractivity (Wildman–Crippen MR) is 85.4 cm³/mol. The molecule has 1 aliphatic rings. The fraction of sp³-hybridized carbons (Fsp3) is 0.158. The third-order valence-electron chi connectivity index (χ3n) is 3.57. The minimum Gasteiger partial charge on any atom is -0.309 e. The van der Waals surface area contributed by atoms with Crippen LogP contribution in [0.15, 0.2) is 48.5 Å². The van der Waals surface area contributed by atoms with Gasteiger partial charge in [0.2, 0.25) is 0 Å². The molecular formula is C19H17N. The molecule has 1 nitrogen and oxygen atoms in total. The summed E-state index contributed by atoms with van der Waals surface area (Å²) in [6, 6.07) is 17.0. The van der Waals surface area contributed by atoms with Crippen molar-refractivity contribution in [3.63, 3.8) is 0 Å². The Morgan fingerprint density at radius 1 is 0.900 bits per heavy atom. The van der Waals surface area contributed by atoms with Crippen molar-refractivity contribution in [2.24, 2.45) is 0 Å². The first-order valence-electron chi connectivity index (χ1n) is 6.89. The molecule has 0 atom stereocenters. The van der Waals surface area contributed by atoms with Crippen LogP contribution in [0, 0.1) is 11.8 Å². The maximum atomic E-state index is 3.42. The molecule has 0 spiro atoms. The molecule has 3 rings (SSSR count). The molecule has 0 saturated carbocycles. The Kier molecular flexibility index (Phi) is 3.67. The molecule has 2 aromatic rings. The highest BCUT2D eigenvalue weighted by Gasteiger charge is 2.18. The normalized spacial score (nSPS) is 12.8. The van der Waals surface area contributed by atoms with Crippen LogP contribution in [0.4, 0.5) is 0 Å². The Hall–Kier alpha value is -2.30. The molecule has 20 heavy (non-hydrogen) atoms. The Balaban J connectivity index is 2.16. The zero-order valence-electron chi connectivity index (χ0n) is 11.6. The fourth-order valence-electron chi connectivity index (χ4n) is 2.60. The molecule has 0 bridgehead atoms. The maximum absolute atomic E-state index is 3.42. The van der Waals surface area contributed by atoms with Crippen molar-refractivity contribution in [3.8, 4) is 11.8 Å². The van der Waals surface area contributed by atoms with Gasteiger partial charge in [0.1, 0.15) is 0 Å². The van der Waals surface area contributed by atoms with Crippen LogP contribution in [-0.2, 0) is 0 Å². The van der Waals surface area contributed by atoms with Crippen LogP contribution >= 0.6 is 0 Å². The van der Waals surface area contributed by atoms with Crippen LogP contribution in [0.25, 0.3) is 12.2 Å². The molecule has 0 heterocycles. The Labute approximate surface area is 120 Å². The summed E-state index contributed by atoms with van der Waals surface area (Å²) in [6.07, 6.45) is 4.38. The second-order valence-electron chi connectivity index (χ2n) is 4.88. The molecule has 1 heteroatoms. The van der Waals surface area contributed by atoms with E-state index in [-0.39, 0.29) is 5.92 Å². The van der Waals surface area contributed by atoms with E-state index in [9.17, 15) is 0 Å². The molecular weight excluding hydrogens is 242 g/mol. The van der Waals surface area contributed by atoms with Gasteiger partial charge >= 0.3 is 0 Å². The SMILES string of the molecule is CNCC#CC1c2ccccc2C=Cc2ccccc21. The monoisotopic (exact) mass is 259 g/mol. The van der Waals surface area contributed by atoms with Crippen molar-refractivity contribution in [3.05, 3.63) is 70.8 Å². The summed E-state index contributed by atoms with van der Waals surface area (Å²) in [5, 5.41) is 3.08. The van der Waals surface area contributed by atoms with E-state index in [1.165, 1.54) is 22.3 Å². The molecule has 0 saturated heterocycles. The van der Waals surface area contributed by atoms with Gasteiger partial charge < -0.3 is 5.32 Å². The average molecular weight is 259 g/mol. The summed E-state index contributed by atoms with van der Waals surface area (Å²) in [5.41, 5.74) is 5.09. The molecule has 1 aliphatic carbocycles. The highest BCUT2D eigenvalue weighted by Crippen LogP contribution is 2.33. The summed E-state index contributed by atoms with van der Waals surface area (Å²) in [5.74, 6) is 6.79. The minimum absolute atomic E-state index is 0.144. The lowest BCUT2D eigenvalue weighted by molar-refractivity contribution is 0.934. The molecule has 98 valence electrons. The van der Waals surface area contributed by atoms with E-state index in [1.807, 2.05) is 7.05 Å². The molecule has 0 radical (unpaired) electrons. The van der Waals surface area contributed by atoms with E-state index in [0.717, 1.165) is 0 Å². The quantitative estimate of drug-likeness (QED) is 0.773. The smallest absolute Gasteiger partial charge is 0.0714 e. The van der Waals surface area contributed by atoms with Crippen LogP contribution in [0.2, 0.25) is 0 Å². The Bertz CT molecular complexity index is 651. The first kappa shape index (κ1) is 12.7. The van der Waals surface area contributed by atoms with Gasteiger partial charge in [-0.25, -0.2) is 0 Å². The van der Waals surface area contributed by atoms with E-state index in [2.05, 4.69) is 77.8 Å². The molecule has 0 fully saturated rings. The van der Waals surface area contributed by atoms with E-state index in [0.29, 0.717) is 6.54 Å². The lowest BCUT2D eigenvalue weighted by Crippen LogP contribution is -2.06. The van der Waals surface area contributed by atoms with Crippen molar-refractivity contribution in [2.45, 2.75) is 5.92 Å². The van der Waals surface area contributed by atoms with Gasteiger partial charge in [-0.15, -0.1) is 0 Å². The minimum atomic E-state index is 0.144. The number of benzene rings is 2. The maximum Gasteiger partial charge on any atom is 0.0714 e. The van der Waals surface area contributed by atoms with Gasteiger partial charge in [0.15, 0.2) is 0 Å². The van der Waals surface area contributed by atoms with Gasteiger partial charge in [-0.1, -0.05) is 72.5 Å². The van der Waals surface area contributed by atoms with Crippen molar-refractivity contribution >= 4 is 12.2 Å². The van der Waals surface area contributed by atoms with Crippen molar-refractivity contribution in [2.75, 3.05) is 13.6 Å². The highest BCUT2D eigenvalue weighted by atomic mass is 14.8. The van der Waals surface area contributed by atoms with Crippen LogP contribution in [-0.4, -0.2) is 13.6 Å². The van der Waals surface area contributed by atoms with Gasteiger partial charge in [-0.2, -0.15) is 0 Å². The van der Waals surface area contributed by atoms with Gasteiger partial charge in [-0.3, -0.25) is 0 Å². The molecule has 2 aromatic carbocycles. The second-order valence-corrected chi connectivity index (χ2v) is 4.88. The molecule has 0 aromatic heterocycles. The van der Waals surface area contributed by atoms with Gasteiger partial charge in [0.05, 0.1) is 12.5 Å². The standard InChI is InChI=1S/C19H17N/c1-20-14-6-11-19-17-9-4-2-7-15(17)12-13-16-8-3-5-10-18(16)19/h2-5,7-10,12-13,19-20H,14H2,1H3. The molecule has 1 N–H and O–H groups in total. The van der Waals surface area contributed by atoms with Crippen LogP contribution in [0.5, 0.6) is 0 Å². The average Bonchev–Trinajstić information content (AvgIpc) is 2.66. The zero-order chi connectivity index (χ0) is 13.8. The number of hydrogen-bond acceptors (Lipinski definition) is 1. The predicted octanol–water partition coefficient (Wildman–Crippen LogP) is 3.53. The van der Waals surface area contributed by atoms with Crippen LogP contribution < -0.4 is 5.32 Å². The first-order chi connectivity index (χ1) is 9.90. The largest absolute Gasteiger partial charge is 0.309 e. The van der Waals surface area contributed by atoms with E-state index in [1.54, 1.807) is 0 Å². The topological polar surface area (TPSA) is 12.0 Å². The summed E-state index contributed by atoms with van der Waals surface area (Å²) < 4.78 is 0. The molecule has 0 unspecified atom stereocenters. The summed E-state index contributed by atoms with van der Waals surface area (Å²) in [4.78, 5) is 0. The van der Waals surface area contributed by atoms with Crippen molar-refractivity contribution < 1.29 is 0 Å². The number of hydrogen-bond donors (Lipinski definition) is 1. The third-order valence-corrected chi connectivity index (χ3v) is 3.57. The van der Waals surface area contributed by atoms with Crippen molar-refractivity contribution in [1.29, 1.82) is 0 Å². The number of nitrogens with one attached hydrogen (secondary N) is 1. The van der Waals surface area contributed by atoms with Gasteiger partial charge in [0, 0.05) is 0 Å². The van der Waals surface area contributed by atoms with Gasteiger partial charge in [0.25, 0.3) is 0 Å². The first-order valence-corrected chi connectivity index (χ1v) is 6.89. The van der Waals surface area contributed by atoms with Crippen molar-refractivity contribution in [1.82, 2.24) is 5.32 Å². The highest BCUT2D eigenvalue weighted by molar-refractivity contribution is 5.77. The lowest BCUT2D eigenvalue weighted by atomic mass is 9.88. The third kappa shape index (κ3) is 2.39. The van der Waals surface area contributed by atoms with Crippen LogP contribution in [0.1, 0.15) is 28.2 Å². The van der Waals surface area contributed by atoms with Gasteiger partial charge in [-0.05, 0) is 29.3 Å².